The van der Waals surface area contributed by atoms with Crippen LogP contribution in [0.15, 0.2) is 48.5 Å². The minimum Gasteiger partial charge on any atom is -0.343 e. The van der Waals surface area contributed by atoms with E-state index in [1.165, 1.54) is 0 Å². The van der Waals surface area contributed by atoms with Crippen molar-refractivity contribution in [2.24, 2.45) is 0 Å². The van der Waals surface area contributed by atoms with Gasteiger partial charge in [-0.2, -0.15) is 0 Å². The number of likely N-dealkylation sites (tertiary alicyclic amines) is 1. The van der Waals surface area contributed by atoms with Crippen LogP contribution in [0, 0.1) is 6.92 Å². The molecule has 0 saturated carbocycles. The summed E-state index contributed by atoms with van der Waals surface area (Å²) in [7, 11) is -3.38. The molecule has 0 spiro atoms. The summed E-state index contributed by atoms with van der Waals surface area (Å²) in [4.78, 5) is 27.1. The van der Waals surface area contributed by atoms with Gasteiger partial charge in [0.2, 0.25) is 21.8 Å². The molecule has 1 aliphatic heterocycles. The lowest BCUT2D eigenvalue weighted by Crippen LogP contribution is -2.50. The first-order chi connectivity index (χ1) is 14.7. The van der Waals surface area contributed by atoms with Crippen LogP contribution in [0.25, 0.3) is 0 Å². The number of sulfonamides is 1. The van der Waals surface area contributed by atoms with Gasteiger partial charge in [0.15, 0.2) is 0 Å². The molecule has 2 amide bonds. The van der Waals surface area contributed by atoms with Crippen LogP contribution >= 0.6 is 0 Å². The Kier molecular flexibility index (Phi) is 6.69. The van der Waals surface area contributed by atoms with Gasteiger partial charge in [0.25, 0.3) is 0 Å². The van der Waals surface area contributed by atoms with Gasteiger partial charge in [0.05, 0.1) is 16.9 Å². The fourth-order valence-corrected chi connectivity index (χ4v) is 4.66. The number of nitrogens with zero attached hydrogens (tertiary/aromatic N) is 1. The lowest BCUT2D eigenvalue weighted by atomic mass is 9.72. The predicted molar refractivity (Wildman–Crippen MR) is 123 cm³/mol. The van der Waals surface area contributed by atoms with Crippen LogP contribution in [-0.4, -0.2) is 44.0 Å². The molecule has 2 aromatic carbocycles. The molecule has 3 rings (SSSR count). The molecule has 2 aromatic rings. The lowest BCUT2D eigenvalue weighted by Gasteiger charge is -2.40. The zero-order chi connectivity index (χ0) is 22.6. The minimum atomic E-state index is -3.38. The van der Waals surface area contributed by atoms with Crippen molar-refractivity contribution in [3.05, 3.63) is 59.7 Å². The summed E-state index contributed by atoms with van der Waals surface area (Å²) < 4.78 is 26.3. The van der Waals surface area contributed by atoms with Gasteiger partial charge >= 0.3 is 0 Å². The third kappa shape index (κ3) is 5.07. The molecule has 0 bridgehead atoms. The largest absolute Gasteiger partial charge is 0.343 e. The van der Waals surface area contributed by atoms with Crippen LogP contribution in [0.4, 0.5) is 11.4 Å². The molecule has 0 atom stereocenters. The first kappa shape index (κ1) is 22.8. The molecule has 0 aromatic heterocycles. The number of nitrogens with one attached hydrogen (secondary N) is 2. The second-order valence-electron chi connectivity index (χ2n) is 7.94. The molecule has 31 heavy (non-hydrogen) atoms. The number of hydrogen-bond acceptors (Lipinski definition) is 4. The smallest absolute Gasteiger partial charge is 0.235 e. The lowest BCUT2D eigenvalue weighted by molar-refractivity contribution is -0.133. The van der Waals surface area contributed by atoms with Gasteiger partial charge in [0.1, 0.15) is 0 Å². The first-order valence-corrected chi connectivity index (χ1v) is 12.1. The number of carbonyl (C=O) groups is 2. The average Bonchev–Trinajstić information content (AvgIpc) is 2.76. The highest BCUT2D eigenvalue weighted by Gasteiger charge is 2.43. The third-order valence-electron chi connectivity index (χ3n) is 5.95. The minimum absolute atomic E-state index is 0.0121. The van der Waals surface area contributed by atoms with Gasteiger partial charge in [-0.25, -0.2) is 8.42 Å². The Morgan fingerprint density at radius 2 is 1.71 bits per heavy atom. The maximum atomic E-state index is 13.5. The Balaban J connectivity index is 1.85. The van der Waals surface area contributed by atoms with E-state index < -0.39 is 15.4 Å². The molecule has 8 heteroatoms. The van der Waals surface area contributed by atoms with Crippen LogP contribution in [0.3, 0.4) is 0 Å². The molecule has 1 saturated heterocycles. The highest BCUT2D eigenvalue weighted by atomic mass is 32.2. The van der Waals surface area contributed by atoms with Crippen molar-refractivity contribution in [1.82, 2.24) is 4.90 Å². The second-order valence-corrected chi connectivity index (χ2v) is 9.95. The fourth-order valence-electron chi connectivity index (χ4n) is 3.95. The maximum absolute atomic E-state index is 13.5. The Morgan fingerprint density at radius 1 is 1.06 bits per heavy atom. The quantitative estimate of drug-likeness (QED) is 0.716. The SMILES string of the molecule is CCS(=O)(=O)Nc1ccc(NC(=O)C2(c3ccccc3)CCN(C(C)=O)CC2)cc1C. The first-order valence-electron chi connectivity index (χ1n) is 10.4. The molecule has 0 radical (unpaired) electrons. The van der Waals surface area contributed by atoms with Crippen LogP contribution in [0.2, 0.25) is 0 Å². The maximum Gasteiger partial charge on any atom is 0.235 e. The average molecular weight is 444 g/mol. The van der Waals surface area contributed by atoms with Gasteiger partial charge in [0, 0.05) is 25.7 Å². The fraction of sp³-hybridized carbons (Fsp3) is 0.391. The number of carbonyl (C=O) groups excluding carboxylic acids is 2. The van der Waals surface area contributed by atoms with Gasteiger partial charge in [-0.3, -0.25) is 14.3 Å². The topological polar surface area (TPSA) is 95.6 Å². The number of amides is 2. The number of aryl methyl sites for hydroxylation is 1. The van der Waals surface area contributed by atoms with Crippen molar-refractivity contribution in [3.63, 3.8) is 0 Å². The highest BCUT2D eigenvalue weighted by molar-refractivity contribution is 7.92. The van der Waals surface area contributed by atoms with Crippen molar-refractivity contribution in [2.45, 2.75) is 39.0 Å². The summed E-state index contributed by atoms with van der Waals surface area (Å²) in [6.07, 6.45) is 1.07. The molecule has 166 valence electrons. The van der Waals surface area contributed by atoms with Crippen molar-refractivity contribution in [1.29, 1.82) is 0 Å². The van der Waals surface area contributed by atoms with Crippen LogP contribution in [0.1, 0.15) is 37.8 Å². The molecule has 0 aliphatic carbocycles. The Morgan fingerprint density at radius 3 is 2.26 bits per heavy atom. The monoisotopic (exact) mass is 443 g/mol. The predicted octanol–water partition coefficient (Wildman–Crippen LogP) is 3.28. The van der Waals surface area contributed by atoms with Gasteiger partial charge in [-0.15, -0.1) is 0 Å². The van der Waals surface area contributed by atoms with Crippen LogP contribution in [-0.2, 0) is 25.0 Å². The van der Waals surface area contributed by atoms with Crippen molar-refractivity contribution in [3.8, 4) is 0 Å². The Hall–Kier alpha value is -2.87. The molecule has 2 N–H and O–H groups in total. The van der Waals surface area contributed by atoms with E-state index in [-0.39, 0.29) is 17.6 Å². The molecule has 1 aliphatic rings. The van der Waals surface area contributed by atoms with Crippen molar-refractivity contribution >= 4 is 33.2 Å². The zero-order valence-electron chi connectivity index (χ0n) is 18.1. The number of benzene rings is 2. The van der Waals surface area contributed by atoms with Gasteiger partial charge < -0.3 is 10.2 Å². The van der Waals surface area contributed by atoms with E-state index in [0.717, 1.165) is 11.1 Å². The van der Waals surface area contributed by atoms with E-state index in [1.54, 1.807) is 43.9 Å². The molecule has 1 heterocycles. The van der Waals surface area contributed by atoms with Crippen LogP contribution < -0.4 is 10.0 Å². The summed E-state index contributed by atoms with van der Waals surface area (Å²) in [5.74, 6) is -0.118. The van der Waals surface area contributed by atoms with Crippen LogP contribution in [0.5, 0.6) is 0 Å². The van der Waals surface area contributed by atoms with Gasteiger partial charge in [-0.05, 0) is 56.0 Å². The molecule has 0 unspecified atom stereocenters. The second kappa shape index (κ2) is 9.09. The summed E-state index contributed by atoms with van der Waals surface area (Å²) in [5, 5.41) is 3.02. The standard InChI is InChI=1S/C23H29N3O4S/c1-4-31(29,30)25-21-11-10-20(16-17(21)2)24-22(28)23(19-8-6-5-7-9-19)12-14-26(15-13-23)18(3)27/h5-11,16,25H,4,12-15H2,1-3H3,(H,24,28). The Bertz CT molecular complexity index is 1060. The Labute approximate surface area is 183 Å². The number of hydrogen-bond donors (Lipinski definition) is 2. The normalized spacial score (nSPS) is 15.9. The number of anilines is 2. The summed E-state index contributed by atoms with van der Waals surface area (Å²) in [6, 6.07) is 14.8. The molecular weight excluding hydrogens is 414 g/mol. The van der Waals surface area contributed by atoms with E-state index in [4.69, 9.17) is 0 Å². The van der Waals surface area contributed by atoms with Crippen molar-refractivity contribution < 1.29 is 18.0 Å². The number of piperidine rings is 1. The van der Waals surface area contributed by atoms with E-state index in [0.29, 0.717) is 37.3 Å². The van der Waals surface area contributed by atoms with E-state index in [1.807, 2.05) is 30.3 Å². The van der Waals surface area contributed by atoms with E-state index in [9.17, 15) is 18.0 Å². The van der Waals surface area contributed by atoms with E-state index >= 15 is 0 Å². The van der Waals surface area contributed by atoms with Gasteiger partial charge in [-0.1, -0.05) is 30.3 Å². The summed E-state index contributed by atoms with van der Waals surface area (Å²) in [5.41, 5.74) is 2.01. The number of rotatable bonds is 6. The highest BCUT2D eigenvalue weighted by Crippen LogP contribution is 2.37. The summed E-state index contributed by atoms with van der Waals surface area (Å²) in [6.45, 7) is 5.96. The summed E-state index contributed by atoms with van der Waals surface area (Å²) >= 11 is 0. The third-order valence-corrected chi connectivity index (χ3v) is 7.24. The molecular formula is C23H29N3O4S. The van der Waals surface area contributed by atoms with Crippen molar-refractivity contribution in [2.75, 3.05) is 28.9 Å². The molecule has 7 nitrogen and oxygen atoms in total. The molecule has 1 fully saturated rings. The zero-order valence-corrected chi connectivity index (χ0v) is 19.0. The van der Waals surface area contributed by atoms with E-state index in [2.05, 4.69) is 10.0 Å².